The summed E-state index contributed by atoms with van der Waals surface area (Å²) in [5.41, 5.74) is 3.22. The molecule has 0 fully saturated rings. The van der Waals surface area contributed by atoms with Gasteiger partial charge in [0.25, 0.3) is 0 Å². The van der Waals surface area contributed by atoms with Crippen LogP contribution in [0.1, 0.15) is 18.2 Å². The van der Waals surface area contributed by atoms with Crippen LogP contribution in [0.15, 0.2) is 29.1 Å². The van der Waals surface area contributed by atoms with Gasteiger partial charge in [-0.1, -0.05) is 0 Å². The molecule has 2 aromatic rings. The Hall–Kier alpha value is -1.36. The molecule has 0 aliphatic heterocycles. The van der Waals surface area contributed by atoms with Gasteiger partial charge in [-0.3, -0.25) is 4.68 Å². The summed E-state index contributed by atoms with van der Waals surface area (Å²) in [6.07, 6.45) is 3.94. The van der Waals surface area contributed by atoms with Gasteiger partial charge >= 0.3 is 0 Å². The maximum atomic E-state index is 4.34. The van der Waals surface area contributed by atoms with Crippen LogP contribution in [0, 0.1) is 6.92 Å². The lowest BCUT2D eigenvalue weighted by Gasteiger charge is -2.07. The Balaban J connectivity index is 2.02. The third-order valence-electron chi connectivity index (χ3n) is 2.55. The van der Waals surface area contributed by atoms with E-state index < -0.39 is 0 Å². The van der Waals surface area contributed by atoms with E-state index in [0.717, 1.165) is 29.1 Å². The summed E-state index contributed by atoms with van der Waals surface area (Å²) in [6, 6.07) is 3.96. The highest BCUT2D eigenvalue weighted by Crippen LogP contribution is 2.16. The smallest absolute Gasteiger partial charge is 0.106 e. The second kappa shape index (κ2) is 5.31. The molecule has 5 heteroatoms. The summed E-state index contributed by atoms with van der Waals surface area (Å²) >= 11 is 3.35. The second-order valence-corrected chi connectivity index (χ2v) is 4.64. The Morgan fingerprint density at radius 3 is 2.88 bits per heavy atom. The number of nitrogens with one attached hydrogen (secondary N) is 1. The molecular formula is C12H15BrN4. The van der Waals surface area contributed by atoms with Crippen LogP contribution in [0.3, 0.4) is 0 Å². The number of hydrogen-bond donors (Lipinski definition) is 1. The molecule has 2 rings (SSSR count). The quantitative estimate of drug-likeness (QED) is 0.882. The van der Waals surface area contributed by atoms with E-state index in [-0.39, 0.29) is 0 Å². The van der Waals surface area contributed by atoms with Crippen molar-refractivity contribution in [2.45, 2.75) is 26.9 Å². The molecule has 2 aromatic heterocycles. The molecule has 0 radical (unpaired) electrons. The summed E-state index contributed by atoms with van der Waals surface area (Å²) in [5, 5.41) is 7.59. The van der Waals surface area contributed by atoms with E-state index >= 15 is 0 Å². The predicted octanol–water partition coefficient (Wildman–Crippen LogP) is 2.98. The lowest BCUT2D eigenvalue weighted by molar-refractivity contribution is 0.659. The molecule has 0 amide bonds. The number of aryl methyl sites for hydroxylation is 2. The molecule has 0 aliphatic rings. The molecule has 0 aliphatic carbocycles. The van der Waals surface area contributed by atoms with Gasteiger partial charge in [0.1, 0.15) is 4.60 Å². The van der Waals surface area contributed by atoms with Crippen molar-refractivity contribution in [3.8, 4) is 0 Å². The van der Waals surface area contributed by atoms with Crippen LogP contribution in [0.4, 0.5) is 5.69 Å². The minimum absolute atomic E-state index is 0.768. The topological polar surface area (TPSA) is 42.7 Å². The molecule has 0 unspecified atom stereocenters. The summed E-state index contributed by atoms with van der Waals surface area (Å²) < 4.78 is 2.78. The maximum Gasteiger partial charge on any atom is 0.106 e. The first-order valence-corrected chi connectivity index (χ1v) is 6.36. The van der Waals surface area contributed by atoms with Crippen molar-refractivity contribution in [2.24, 2.45) is 0 Å². The monoisotopic (exact) mass is 294 g/mol. The second-order valence-electron chi connectivity index (χ2n) is 3.82. The van der Waals surface area contributed by atoms with E-state index in [1.165, 1.54) is 5.56 Å². The van der Waals surface area contributed by atoms with E-state index in [1.807, 2.05) is 29.9 Å². The van der Waals surface area contributed by atoms with Gasteiger partial charge in [0, 0.05) is 24.8 Å². The molecular weight excluding hydrogens is 280 g/mol. The van der Waals surface area contributed by atoms with Crippen LogP contribution in [0.25, 0.3) is 0 Å². The van der Waals surface area contributed by atoms with Gasteiger partial charge in [0.05, 0.1) is 17.6 Å². The van der Waals surface area contributed by atoms with Gasteiger partial charge in [-0.15, -0.1) is 0 Å². The summed E-state index contributed by atoms with van der Waals surface area (Å²) in [6.45, 7) is 5.73. The Labute approximate surface area is 109 Å². The first-order chi connectivity index (χ1) is 8.19. The van der Waals surface area contributed by atoms with Crippen molar-refractivity contribution >= 4 is 21.6 Å². The molecule has 0 bridgehead atoms. The van der Waals surface area contributed by atoms with E-state index in [4.69, 9.17) is 0 Å². The largest absolute Gasteiger partial charge is 0.379 e. The SMILES string of the molecule is CCn1cc(CNc2ccc(Br)nc2C)cn1. The van der Waals surface area contributed by atoms with Crippen molar-refractivity contribution < 1.29 is 0 Å². The third-order valence-corrected chi connectivity index (χ3v) is 2.99. The molecule has 0 saturated carbocycles. The zero-order valence-corrected chi connectivity index (χ0v) is 11.5. The summed E-state index contributed by atoms with van der Waals surface area (Å²) in [4.78, 5) is 4.34. The fourth-order valence-electron chi connectivity index (χ4n) is 1.59. The fraction of sp³-hybridized carbons (Fsp3) is 0.333. The molecule has 0 spiro atoms. The first kappa shape index (κ1) is 12.1. The maximum absolute atomic E-state index is 4.34. The number of aromatic nitrogens is 3. The summed E-state index contributed by atoms with van der Waals surface area (Å²) in [7, 11) is 0. The number of nitrogens with zero attached hydrogens (tertiary/aromatic N) is 3. The van der Waals surface area contributed by atoms with Crippen LogP contribution in [0.5, 0.6) is 0 Å². The minimum atomic E-state index is 0.768. The van der Waals surface area contributed by atoms with Gasteiger partial charge in [-0.25, -0.2) is 4.98 Å². The zero-order valence-electron chi connectivity index (χ0n) is 9.94. The van der Waals surface area contributed by atoms with E-state index in [9.17, 15) is 0 Å². The molecule has 90 valence electrons. The molecule has 1 N–H and O–H groups in total. The predicted molar refractivity (Wildman–Crippen MR) is 71.9 cm³/mol. The molecule has 0 atom stereocenters. The highest BCUT2D eigenvalue weighted by atomic mass is 79.9. The van der Waals surface area contributed by atoms with Crippen LogP contribution in [0.2, 0.25) is 0 Å². The van der Waals surface area contributed by atoms with Crippen LogP contribution in [-0.4, -0.2) is 14.8 Å². The Kier molecular flexibility index (Phi) is 3.78. The average molecular weight is 295 g/mol. The lowest BCUT2D eigenvalue weighted by Crippen LogP contribution is -2.01. The van der Waals surface area contributed by atoms with E-state index in [1.54, 1.807) is 0 Å². The number of rotatable bonds is 4. The average Bonchev–Trinajstić information content (AvgIpc) is 2.76. The number of hydrogen-bond acceptors (Lipinski definition) is 3. The standard InChI is InChI=1S/C12H15BrN4/c1-3-17-8-10(7-15-17)6-14-11-4-5-12(13)16-9(11)2/h4-5,7-8,14H,3,6H2,1-2H3. The molecule has 4 nitrogen and oxygen atoms in total. The van der Waals surface area contributed by atoms with Gasteiger partial charge < -0.3 is 5.32 Å². The highest BCUT2D eigenvalue weighted by Gasteiger charge is 2.01. The van der Waals surface area contributed by atoms with Crippen molar-refractivity contribution in [1.29, 1.82) is 0 Å². The molecule has 0 saturated heterocycles. The Morgan fingerprint density at radius 1 is 1.41 bits per heavy atom. The fourth-order valence-corrected chi connectivity index (χ4v) is 1.98. The van der Waals surface area contributed by atoms with Gasteiger partial charge in [0.15, 0.2) is 0 Å². The Morgan fingerprint density at radius 2 is 2.24 bits per heavy atom. The molecule has 2 heterocycles. The highest BCUT2D eigenvalue weighted by molar-refractivity contribution is 9.10. The summed E-state index contributed by atoms with van der Waals surface area (Å²) in [5.74, 6) is 0. The number of pyridine rings is 1. The third kappa shape index (κ3) is 3.06. The molecule has 0 aromatic carbocycles. The number of anilines is 1. The first-order valence-electron chi connectivity index (χ1n) is 5.57. The van der Waals surface area contributed by atoms with E-state index in [2.05, 4.69) is 44.4 Å². The van der Waals surface area contributed by atoms with Crippen LogP contribution in [-0.2, 0) is 13.1 Å². The minimum Gasteiger partial charge on any atom is -0.379 e. The zero-order chi connectivity index (χ0) is 12.3. The van der Waals surface area contributed by atoms with Crippen molar-refractivity contribution in [1.82, 2.24) is 14.8 Å². The van der Waals surface area contributed by atoms with Gasteiger partial charge in [0.2, 0.25) is 0 Å². The Bertz CT molecular complexity index is 507. The normalized spacial score (nSPS) is 10.5. The lowest BCUT2D eigenvalue weighted by atomic mass is 10.3. The van der Waals surface area contributed by atoms with Crippen molar-refractivity contribution in [2.75, 3.05) is 5.32 Å². The van der Waals surface area contributed by atoms with Crippen molar-refractivity contribution in [3.05, 3.63) is 40.4 Å². The number of halogens is 1. The van der Waals surface area contributed by atoms with Gasteiger partial charge in [-0.2, -0.15) is 5.10 Å². The van der Waals surface area contributed by atoms with Crippen LogP contribution < -0.4 is 5.32 Å². The molecule has 17 heavy (non-hydrogen) atoms. The van der Waals surface area contributed by atoms with Gasteiger partial charge in [-0.05, 0) is 41.9 Å². The van der Waals surface area contributed by atoms with E-state index in [0.29, 0.717) is 0 Å². The van der Waals surface area contributed by atoms with Crippen LogP contribution >= 0.6 is 15.9 Å². The van der Waals surface area contributed by atoms with Crippen molar-refractivity contribution in [3.63, 3.8) is 0 Å².